The first kappa shape index (κ1) is 21.1. The first-order valence-electron chi connectivity index (χ1n) is 12.1. The number of rotatable bonds is 5. The van der Waals surface area contributed by atoms with Crippen molar-refractivity contribution in [3.63, 3.8) is 0 Å². The van der Waals surface area contributed by atoms with Crippen LogP contribution in [0.25, 0.3) is 22.3 Å². The van der Waals surface area contributed by atoms with E-state index in [2.05, 4.69) is 145 Å². The lowest BCUT2D eigenvalue weighted by molar-refractivity contribution is 0.709. The molecule has 0 aliphatic carbocycles. The first-order valence-corrected chi connectivity index (χ1v) is 12.1. The molecule has 0 unspecified atom stereocenters. The summed E-state index contributed by atoms with van der Waals surface area (Å²) in [5.41, 5.74) is 9.60. The van der Waals surface area contributed by atoms with E-state index in [4.69, 9.17) is 5.10 Å². The summed E-state index contributed by atoms with van der Waals surface area (Å²) >= 11 is 0. The minimum atomic E-state index is 0.158. The van der Waals surface area contributed by atoms with Crippen molar-refractivity contribution in [2.75, 3.05) is 5.01 Å². The summed E-state index contributed by atoms with van der Waals surface area (Å²) < 4.78 is 0. The molecule has 1 aliphatic rings. The van der Waals surface area contributed by atoms with E-state index < -0.39 is 0 Å². The number of nitrogens with zero attached hydrogens (tertiary/aromatic N) is 2. The molecule has 5 aromatic carbocycles. The van der Waals surface area contributed by atoms with Crippen molar-refractivity contribution in [3.05, 3.63) is 151 Å². The third kappa shape index (κ3) is 4.39. The second kappa shape index (κ2) is 9.44. The highest BCUT2D eigenvalue weighted by Crippen LogP contribution is 2.37. The van der Waals surface area contributed by atoms with Gasteiger partial charge in [-0.25, -0.2) is 0 Å². The van der Waals surface area contributed by atoms with Crippen molar-refractivity contribution < 1.29 is 0 Å². The molecule has 0 fully saturated rings. The van der Waals surface area contributed by atoms with Gasteiger partial charge in [-0.1, -0.05) is 127 Å². The fraction of sp³-hybridized carbons (Fsp3) is 0.0606. The van der Waals surface area contributed by atoms with Crippen LogP contribution in [0.2, 0.25) is 0 Å². The van der Waals surface area contributed by atoms with Crippen molar-refractivity contribution in [2.24, 2.45) is 5.10 Å². The predicted molar refractivity (Wildman–Crippen MR) is 147 cm³/mol. The third-order valence-corrected chi connectivity index (χ3v) is 6.66. The molecule has 0 saturated carbocycles. The number of benzene rings is 5. The van der Waals surface area contributed by atoms with Crippen LogP contribution in [0.4, 0.5) is 5.69 Å². The molecule has 0 spiro atoms. The molecule has 0 amide bonds. The van der Waals surface area contributed by atoms with Crippen LogP contribution in [0.3, 0.4) is 0 Å². The molecule has 35 heavy (non-hydrogen) atoms. The van der Waals surface area contributed by atoms with Crippen molar-refractivity contribution in [3.8, 4) is 22.3 Å². The summed E-state index contributed by atoms with van der Waals surface area (Å²) in [6, 6.07) is 49.4. The lowest BCUT2D eigenvalue weighted by Crippen LogP contribution is -2.18. The summed E-state index contributed by atoms with van der Waals surface area (Å²) in [5.74, 6) is 0. The Hall–Kier alpha value is -4.43. The maximum absolute atomic E-state index is 5.12. The van der Waals surface area contributed by atoms with Crippen LogP contribution < -0.4 is 5.01 Å². The highest BCUT2D eigenvalue weighted by Gasteiger charge is 2.29. The van der Waals surface area contributed by atoms with Crippen LogP contribution in [0.15, 0.2) is 145 Å². The van der Waals surface area contributed by atoms with Gasteiger partial charge in [-0.15, -0.1) is 0 Å². The van der Waals surface area contributed by atoms with Gasteiger partial charge in [-0.2, -0.15) is 5.10 Å². The van der Waals surface area contributed by atoms with Gasteiger partial charge < -0.3 is 0 Å². The van der Waals surface area contributed by atoms with Gasteiger partial charge in [0.1, 0.15) is 0 Å². The number of hydrogen-bond acceptors (Lipinski definition) is 2. The van der Waals surface area contributed by atoms with Gasteiger partial charge in [0.15, 0.2) is 0 Å². The van der Waals surface area contributed by atoms with E-state index in [1.165, 1.54) is 33.4 Å². The molecule has 0 saturated heterocycles. The Morgan fingerprint density at radius 2 is 0.886 bits per heavy atom. The Bertz CT molecular complexity index is 1420. The number of anilines is 1. The summed E-state index contributed by atoms with van der Waals surface area (Å²) in [6.07, 6.45) is 0.865. The highest BCUT2D eigenvalue weighted by atomic mass is 15.5. The predicted octanol–water partition coefficient (Wildman–Crippen LogP) is 8.38. The largest absolute Gasteiger partial charge is 0.257 e. The zero-order chi connectivity index (χ0) is 23.5. The van der Waals surface area contributed by atoms with E-state index in [0.717, 1.165) is 17.8 Å². The average Bonchev–Trinajstić information content (AvgIpc) is 3.40. The minimum absolute atomic E-state index is 0.158. The van der Waals surface area contributed by atoms with Crippen molar-refractivity contribution in [2.45, 2.75) is 12.5 Å². The topological polar surface area (TPSA) is 15.6 Å². The van der Waals surface area contributed by atoms with Crippen LogP contribution in [0, 0.1) is 0 Å². The first-order chi connectivity index (χ1) is 17.3. The van der Waals surface area contributed by atoms with Gasteiger partial charge in [0.25, 0.3) is 0 Å². The zero-order valence-corrected chi connectivity index (χ0v) is 19.5. The third-order valence-electron chi connectivity index (χ3n) is 6.66. The van der Waals surface area contributed by atoms with Gasteiger partial charge in [0.05, 0.1) is 17.4 Å². The van der Waals surface area contributed by atoms with Gasteiger partial charge in [-0.3, -0.25) is 5.01 Å². The zero-order valence-electron chi connectivity index (χ0n) is 19.5. The molecule has 0 aromatic heterocycles. The maximum atomic E-state index is 5.12. The lowest BCUT2D eigenvalue weighted by Gasteiger charge is -2.24. The van der Waals surface area contributed by atoms with Crippen molar-refractivity contribution in [1.29, 1.82) is 0 Å². The quantitative estimate of drug-likeness (QED) is 0.263. The van der Waals surface area contributed by atoms with Crippen molar-refractivity contribution in [1.82, 2.24) is 0 Å². The molecule has 0 N–H and O–H groups in total. The SMILES string of the molecule is c1ccc(-c2ccc(C3=NN(c4ccccc4)[C@@H](c4ccc(-c5ccccc5)cc4)C3)cc2)cc1. The molecule has 0 radical (unpaired) electrons. The summed E-state index contributed by atoms with van der Waals surface area (Å²) in [4.78, 5) is 0. The minimum Gasteiger partial charge on any atom is -0.257 e. The van der Waals surface area contributed by atoms with E-state index in [0.29, 0.717) is 0 Å². The second-order valence-electron chi connectivity index (χ2n) is 8.88. The molecular formula is C33H26N2. The Balaban J connectivity index is 1.31. The number of hydrogen-bond donors (Lipinski definition) is 0. The Morgan fingerprint density at radius 3 is 1.43 bits per heavy atom. The molecule has 168 valence electrons. The summed E-state index contributed by atoms with van der Waals surface area (Å²) in [6.45, 7) is 0. The van der Waals surface area contributed by atoms with Crippen LogP contribution in [0.5, 0.6) is 0 Å². The number of hydrazone groups is 1. The molecule has 5 aromatic rings. The molecule has 1 atom stereocenters. The van der Waals surface area contributed by atoms with Gasteiger partial charge in [-0.05, 0) is 45.5 Å². The van der Waals surface area contributed by atoms with Crippen LogP contribution in [0.1, 0.15) is 23.6 Å². The van der Waals surface area contributed by atoms with E-state index in [9.17, 15) is 0 Å². The molecule has 2 nitrogen and oxygen atoms in total. The smallest absolute Gasteiger partial charge is 0.0831 e. The molecule has 2 heteroatoms. The number of para-hydroxylation sites is 1. The van der Waals surface area contributed by atoms with E-state index in [1.807, 2.05) is 0 Å². The van der Waals surface area contributed by atoms with Crippen LogP contribution >= 0.6 is 0 Å². The Labute approximate surface area is 206 Å². The van der Waals surface area contributed by atoms with Gasteiger partial charge >= 0.3 is 0 Å². The van der Waals surface area contributed by atoms with Crippen LogP contribution in [-0.4, -0.2) is 5.71 Å². The monoisotopic (exact) mass is 450 g/mol. The summed E-state index contributed by atoms with van der Waals surface area (Å²) in [7, 11) is 0. The standard InChI is InChI=1S/C33H26N2/c1-4-10-25(11-5-1)27-16-20-29(21-17-27)32-24-33(35(34-32)31-14-8-3-9-15-31)30-22-18-28(19-23-30)26-12-6-2-7-13-26/h1-23,33H,24H2/t33-/m1/s1. The fourth-order valence-corrected chi connectivity index (χ4v) is 4.78. The molecular weight excluding hydrogens is 424 g/mol. The van der Waals surface area contributed by atoms with E-state index in [1.54, 1.807) is 0 Å². The molecule has 6 rings (SSSR count). The fourth-order valence-electron chi connectivity index (χ4n) is 4.78. The maximum Gasteiger partial charge on any atom is 0.0831 e. The Kier molecular flexibility index (Phi) is 5.70. The Morgan fingerprint density at radius 1 is 0.457 bits per heavy atom. The summed E-state index contributed by atoms with van der Waals surface area (Å²) in [5, 5.41) is 7.30. The van der Waals surface area contributed by atoms with E-state index >= 15 is 0 Å². The molecule has 1 aliphatic heterocycles. The molecule has 1 heterocycles. The van der Waals surface area contributed by atoms with Gasteiger partial charge in [0.2, 0.25) is 0 Å². The van der Waals surface area contributed by atoms with E-state index in [-0.39, 0.29) is 6.04 Å². The molecule has 0 bridgehead atoms. The van der Waals surface area contributed by atoms with Gasteiger partial charge in [0, 0.05) is 6.42 Å². The normalized spacial score (nSPS) is 15.1. The highest BCUT2D eigenvalue weighted by molar-refractivity contribution is 6.03. The van der Waals surface area contributed by atoms with Crippen molar-refractivity contribution >= 4 is 11.4 Å². The average molecular weight is 451 g/mol. The lowest BCUT2D eigenvalue weighted by atomic mass is 9.95. The van der Waals surface area contributed by atoms with Crippen LogP contribution in [-0.2, 0) is 0 Å². The second-order valence-corrected chi connectivity index (χ2v) is 8.88.